The van der Waals surface area contributed by atoms with Gasteiger partial charge in [-0.05, 0) is 13.0 Å². The van der Waals surface area contributed by atoms with E-state index in [-0.39, 0.29) is 0 Å². The van der Waals surface area contributed by atoms with Gasteiger partial charge in [0.1, 0.15) is 0 Å². The Labute approximate surface area is 50.1 Å². The van der Waals surface area contributed by atoms with E-state index in [4.69, 9.17) is 5.73 Å². The number of allylic oxidation sites excluding steroid dienone is 2. The van der Waals surface area contributed by atoms with E-state index in [1.54, 1.807) is 6.08 Å². The summed E-state index contributed by atoms with van der Waals surface area (Å²) in [5, 5.41) is 2.89. The standard InChI is InChI=1S/C6H12N2/c1-4-6(8-3)5(2)7/h4,8H,1,7H2,2-3H3/b6-5-. The molecular formula is C6H12N2. The van der Waals surface area contributed by atoms with Crippen molar-refractivity contribution >= 4 is 0 Å². The topological polar surface area (TPSA) is 38.0 Å². The molecular weight excluding hydrogens is 100 g/mol. The van der Waals surface area contributed by atoms with Gasteiger partial charge in [-0.25, -0.2) is 0 Å². The van der Waals surface area contributed by atoms with Crippen LogP contribution in [0.4, 0.5) is 0 Å². The van der Waals surface area contributed by atoms with Crippen LogP contribution in [-0.4, -0.2) is 7.05 Å². The molecule has 0 aliphatic rings. The summed E-state index contributed by atoms with van der Waals surface area (Å²) in [4.78, 5) is 0. The van der Waals surface area contributed by atoms with Gasteiger partial charge in [-0.15, -0.1) is 0 Å². The van der Waals surface area contributed by atoms with Crippen molar-refractivity contribution in [3.63, 3.8) is 0 Å². The van der Waals surface area contributed by atoms with Crippen molar-refractivity contribution in [1.82, 2.24) is 5.32 Å². The smallest absolute Gasteiger partial charge is 0.0519 e. The van der Waals surface area contributed by atoms with Crippen molar-refractivity contribution in [1.29, 1.82) is 0 Å². The summed E-state index contributed by atoms with van der Waals surface area (Å²) in [6.07, 6.45) is 1.69. The molecule has 0 saturated carbocycles. The van der Waals surface area contributed by atoms with Crippen molar-refractivity contribution in [3.8, 4) is 0 Å². The van der Waals surface area contributed by atoms with E-state index in [1.807, 2.05) is 14.0 Å². The molecule has 0 aromatic carbocycles. The summed E-state index contributed by atoms with van der Waals surface area (Å²) in [5.41, 5.74) is 7.06. The first-order chi connectivity index (χ1) is 3.72. The van der Waals surface area contributed by atoms with Gasteiger partial charge in [0.2, 0.25) is 0 Å². The predicted molar refractivity (Wildman–Crippen MR) is 36.1 cm³/mol. The zero-order chi connectivity index (χ0) is 6.57. The first-order valence-corrected chi connectivity index (χ1v) is 2.49. The van der Waals surface area contributed by atoms with E-state index in [1.165, 1.54) is 0 Å². The van der Waals surface area contributed by atoms with Gasteiger partial charge in [-0.3, -0.25) is 0 Å². The van der Waals surface area contributed by atoms with Crippen LogP contribution in [0.5, 0.6) is 0 Å². The van der Waals surface area contributed by atoms with Crippen molar-refractivity contribution in [2.24, 2.45) is 5.73 Å². The van der Waals surface area contributed by atoms with E-state index >= 15 is 0 Å². The van der Waals surface area contributed by atoms with Crippen LogP contribution >= 0.6 is 0 Å². The quantitative estimate of drug-likeness (QED) is 0.513. The normalized spacial score (nSPS) is 12.2. The van der Waals surface area contributed by atoms with Crippen molar-refractivity contribution in [2.75, 3.05) is 7.05 Å². The van der Waals surface area contributed by atoms with Crippen LogP contribution in [0.3, 0.4) is 0 Å². The molecule has 46 valence electrons. The van der Waals surface area contributed by atoms with Gasteiger partial charge in [-0.1, -0.05) is 6.58 Å². The molecule has 0 aromatic rings. The lowest BCUT2D eigenvalue weighted by Gasteiger charge is -2.00. The summed E-state index contributed by atoms with van der Waals surface area (Å²) in [5.74, 6) is 0. The first kappa shape index (κ1) is 7.08. The highest BCUT2D eigenvalue weighted by atomic mass is 14.8. The Hall–Kier alpha value is -0.920. The maximum Gasteiger partial charge on any atom is 0.0519 e. The van der Waals surface area contributed by atoms with Crippen LogP contribution in [0.15, 0.2) is 24.0 Å². The predicted octanol–water partition coefficient (Wildman–Crippen LogP) is 0.582. The molecule has 2 nitrogen and oxygen atoms in total. The Morgan fingerprint density at radius 2 is 2.25 bits per heavy atom. The maximum absolute atomic E-state index is 5.40. The third-order valence-electron chi connectivity index (χ3n) is 0.898. The summed E-state index contributed by atoms with van der Waals surface area (Å²) >= 11 is 0. The average Bonchev–Trinajstić information content (AvgIpc) is 1.69. The zero-order valence-electron chi connectivity index (χ0n) is 5.36. The molecule has 0 aliphatic heterocycles. The molecule has 0 unspecified atom stereocenters. The SMILES string of the molecule is C=C/C(NC)=C(\C)N. The van der Waals surface area contributed by atoms with E-state index < -0.39 is 0 Å². The molecule has 0 atom stereocenters. The summed E-state index contributed by atoms with van der Waals surface area (Å²) in [6, 6.07) is 0. The fourth-order valence-corrected chi connectivity index (χ4v) is 0.460. The second kappa shape index (κ2) is 3.13. The zero-order valence-corrected chi connectivity index (χ0v) is 5.36. The van der Waals surface area contributed by atoms with Crippen molar-refractivity contribution in [2.45, 2.75) is 6.92 Å². The maximum atomic E-state index is 5.40. The van der Waals surface area contributed by atoms with Crippen LogP contribution in [-0.2, 0) is 0 Å². The lowest BCUT2D eigenvalue weighted by atomic mass is 10.3. The summed E-state index contributed by atoms with van der Waals surface area (Å²) < 4.78 is 0. The lowest BCUT2D eigenvalue weighted by molar-refractivity contribution is 0.992. The average molecular weight is 112 g/mol. The van der Waals surface area contributed by atoms with Crippen molar-refractivity contribution < 1.29 is 0 Å². The molecule has 0 amide bonds. The number of nitrogens with one attached hydrogen (secondary N) is 1. The van der Waals surface area contributed by atoms with Crippen LogP contribution in [0.2, 0.25) is 0 Å². The molecule has 0 rings (SSSR count). The molecule has 0 bridgehead atoms. The third-order valence-corrected chi connectivity index (χ3v) is 0.898. The van der Waals surface area contributed by atoms with E-state index in [0.29, 0.717) is 0 Å². The minimum atomic E-state index is 0.766. The molecule has 0 aromatic heterocycles. The third kappa shape index (κ3) is 1.69. The van der Waals surface area contributed by atoms with Gasteiger partial charge >= 0.3 is 0 Å². The number of rotatable bonds is 2. The monoisotopic (exact) mass is 112 g/mol. The van der Waals surface area contributed by atoms with Gasteiger partial charge in [0.15, 0.2) is 0 Å². The first-order valence-electron chi connectivity index (χ1n) is 2.49. The highest BCUT2D eigenvalue weighted by Crippen LogP contribution is 1.91. The number of nitrogens with two attached hydrogens (primary N) is 1. The molecule has 0 saturated heterocycles. The van der Waals surface area contributed by atoms with E-state index in [2.05, 4.69) is 11.9 Å². The second-order valence-corrected chi connectivity index (χ2v) is 1.55. The summed E-state index contributed by atoms with van der Waals surface area (Å²) in [6.45, 7) is 5.38. The molecule has 0 spiro atoms. The largest absolute Gasteiger partial charge is 0.401 e. The Morgan fingerprint density at radius 1 is 1.75 bits per heavy atom. The Morgan fingerprint density at radius 3 is 2.25 bits per heavy atom. The fraction of sp³-hybridized carbons (Fsp3) is 0.333. The Kier molecular flexibility index (Phi) is 2.77. The highest BCUT2D eigenvalue weighted by molar-refractivity contribution is 5.17. The minimum absolute atomic E-state index is 0.766. The molecule has 0 aliphatic carbocycles. The van der Waals surface area contributed by atoms with Gasteiger partial charge in [0.05, 0.1) is 5.70 Å². The molecule has 0 radical (unpaired) electrons. The van der Waals surface area contributed by atoms with Gasteiger partial charge in [0.25, 0.3) is 0 Å². The highest BCUT2D eigenvalue weighted by Gasteiger charge is 1.85. The number of likely N-dealkylation sites (N-methyl/N-ethyl adjacent to an activating group) is 1. The fourth-order valence-electron chi connectivity index (χ4n) is 0.460. The molecule has 0 heterocycles. The number of hydrogen-bond acceptors (Lipinski definition) is 2. The molecule has 2 heteroatoms. The lowest BCUT2D eigenvalue weighted by Crippen LogP contribution is -2.09. The minimum Gasteiger partial charge on any atom is -0.401 e. The molecule has 8 heavy (non-hydrogen) atoms. The van der Waals surface area contributed by atoms with E-state index in [9.17, 15) is 0 Å². The Balaban J connectivity index is 4.07. The van der Waals surface area contributed by atoms with E-state index in [0.717, 1.165) is 11.4 Å². The number of hydrogen-bond donors (Lipinski definition) is 2. The second-order valence-electron chi connectivity index (χ2n) is 1.55. The van der Waals surface area contributed by atoms with Crippen LogP contribution in [0.1, 0.15) is 6.92 Å². The van der Waals surface area contributed by atoms with Gasteiger partial charge in [0, 0.05) is 12.7 Å². The van der Waals surface area contributed by atoms with Crippen molar-refractivity contribution in [3.05, 3.63) is 24.0 Å². The molecule has 0 fully saturated rings. The van der Waals surface area contributed by atoms with Gasteiger partial charge in [-0.2, -0.15) is 0 Å². The van der Waals surface area contributed by atoms with Crippen LogP contribution in [0.25, 0.3) is 0 Å². The molecule has 3 N–H and O–H groups in total. The van der Waals surface area contributed by atoms with Crippen LogP contribution < -0.4 is 11.1 Å². The van der Waals surface area contributed by atoms with Crippen LogP contribution in [0, 0.1) is 0 Å². The summed E-state index contributed by atoms with van der Waals surface area (Å²) in [7, 11) is 1.81. The Bertz CT molecular complexity index is 110. The van der Waals surface area contributed by atoms with Gasteiger partial charge < -0.3 is 11.1 Å².